The third kappa shape index (κ3) is 5.80. The Labute approximate surface area is 219 Å². The Morgan fingerprint density at radius 2 is 1.74 bits per heavy atom. The first kappa shape index (κ1) is 28.3. The van der Waals surface area contributed by atoms with Crippen molar-refractivity contribution in [2.45, 2.75) is 43.9 Å². The predicted octanol–water partition coefficient (Wildman–Crippen LogP) is 1.26. The van der Waals surface area contributed by atoms with Crippen LogP contribution in [0.3, 0.4) is 0 Å². The summed E-state index contributed by atoms with van der Waals surface area (Å²) in [6.45, 7) is 0.302. The summed E-state index contributed by atoms with van der Waals surface area (Å²) in [5.74, 6) is -1.81. The van der Waals surface area contributed by atoms with Gasteiger partial charge in [0.1, 0.15) is 6.04 Å². The van der Waals surface area contributed by atoms with Crippen LogP contribution in [0.5, 0.6) is 0 Å². The standard InChI is InChI=1S/C24H30F3N5O5S/c25-24(26,27)19-7-5-17(6-8-19)20(15-33)29-22(34)21-4-2-10-32(21)23(35)18-3-1-9-30(14-18)38(36,37)31-12-16(11-28)13-31/h5-8,16,18,20-21,33H,1-4,9-10,12-15H2,(H,29,34)/t18-,20+,21+/m0/s1. The van der Waals surface area contributed by atoms with Crippen LogP contribution in [0.25, 0.3) is 0 Å². The number of aliphatic hydroxyl groups is 1. The van der Waals surface area contributed by atoms with Crippen molar-refractivity contribution in [3.63, 3.8) is 0 Å². The Morgan fingerprint density at radius 3 is 2.34 bits per heavy atom. The zero-order chi connectivity index (χ0) is 27.7. The molecule has 0 bridgehead atoms. The first-order valence-corrected chi connectivity index (χ1v) is 13.9. The number of hydrogen-bond acceptors (Lipinski definition) is 6. The fourth-order valence-corrected chi connectivity index (χ4v) is 6.96. The highest BCUT2D eigenvalue weighted by Gasteiger charge is 2.44. The lowest BCUT2D eigenvalue weighted by atomic mass is 9.97. The maximum Gasteiger partial charge on any atom is 0.416 e. The van der Waals surface area contributed by atoms with Crippen molar-refractivity contribution < 1.29 is 36.3 Å². The van der Waals surface area contributed by atoms with Crippen LogP contribution in [-0.4, -0.2) is 84.2 Å². The number of alkyl halides is 3. The van der Waals surface area contributed by atoms with E-state index in [2.05, 4.69) is 5.32 Å². The van der Waals surface area contributed by atoms with E-state index in [9.17, 15) is 36.3 Å². The van der Waals surface area contributed by atoms with Crippen LogP contribution in [-0.2, 0) is 26.0 Å². The number of carbonyl (C=O) groups is 2. The van der Waals surface area contributed by atoms with E-state index >= 15 is 0 Å². The summed E-state index contributed by atoms with van der Waals surface area (Å²) in [5.41, 5.74) is -0.554. The van der Waals surface area contributed by atoms with Crippen LogP contribution in [0.4, 0.5) is 13.2 Å². The van der Waals surface area contributed by atoms with E-state index in [4.69, 9.17) is 5.26 Å². The number of nitrogens with one attached hydrogen (secondary N) is 1. The molecule has 0 aliphatic carbocycles. The lowest BCUT2D eigenvalue weighted by Gasteiger charge is -2.41. The van der Waals surface area contributed by atoms with Gasteiger partial charge < -0.3 is 15.3 Å². The molecular formula is C24H30F3N5O5S. The van der Waals surface area contributed by atoms with Crippen LogP contribution in [0.15, 0.2) is 24.3 Å². The number of hydrogen-bond donors (Lipinski definition) is 2. The highest BCUT2D eigenvalue weighted by atomic mass is 32.2. The van der Waals surface area contributed by atoms with Crippen LogP contribution >= 0.6 is 0 Å². The summed E-state index contributed by atoms with van der Waals surface area (Å²) >= 11 is 0. The molecule has 3 heterocycles. The third-order valence-electron chi connectivity index (χ3n) is 7.39. The summed E-state index contributed by atoms with van der Waals surface area (Å²) in [4.78, 5) is 27.9. The summed E-state index contributed by atoms with van der Waals surface area (Å²) in [6.07, 6.45) is -2.62. The maximum atomic E-state index is 13.4. The molecule has 4 rings (SSSR count). The van der Waals surface area contributed by atoms with Gasteiger partial charge in [-0.1, -0.05) is 12.1 Å². The van der Waals surface area contributed by atoms with E-state index in [-0.39, 0.29) is 38.0 Å². The van der Waals surface area contributed by atoms with Crippen molar-refractivity contribution in [2.75, 3.05) is 39.3 Å². The molecule has 2 amide bonds. The van der Waals surface area contributed by atoms with Gasteiger partial charge in [-0.25, -0.2) is 0 Å². The number of nitrogens with zero attached hydrogens (tertiary/aromatic N) is 4. The molecule has 3 aliphatic rings. The largest absolute Gasteiger partial charge is 0.416 e. The highest BCUT2D eigenvalue weighted by Crippen LogP contribution is 2.31. The Bertz CT molecular complexity index is 1180. The average Bonchev–Trinajstić information content (AvgIpc) is 3.36. The number of benzene rings is 1. The number of likely N-dealkylation sites (tertiary alicyclic amines) is 1. The normalized spacial score (nSPS) is 24.4. The molecule has 0 radical (unpaired) electrons. The minimum absolute atomic E-state index is 0.00938. The van der Waals surface area contributed by atoms with Crippen molar-refractivity contribution in [3.05, 3.63) is 35.4 Å². The number of piperidine rings is 1. The van der Waals surface area contributed by atoms with Crippen LogP contribution < -0.4 is 5.32 Å². The van der Waals surface area contributed by atoms with Crippen molar-refractivity contribution in [2.24, 2.45) is 11.8 Å². The molecule has 3 aliphatic heterocycles. The molecule has 0 aromatic heterocycles. The van der Waals surface area contributed by atoms with Gasteiger partial charge in [-0.3, -0.25) is 9.59 Å². The van der Waals surface area contributed by atoms with E-state index in [0.717, 1.165) is 12.1 Å². The zero-order valence-electron chi connectivity index (χ0n) is 20.6. The zero-order valence-corrected chi connectivity index (χ0v) is 21.4. The van der Waals surface area contributed by atoms with Gasteiger partial charge in [-0.15, -0.1) is 0 Å². The third-order valence-corrected chi connectivity index (χ3v) is 9.33. The van der Waals surface area contributed by atoms with Gasteiger partial charge in [0.2, 0.25) is 11.8 Å². The van der Waals surface area contributed by atoms with E-state index < -0.39 is 52.5 Å². The second-order valence-corrected chi connectivity index (χ2v) is 11.8. The molecule has 2 N–H and O–H groups in total. The fraction of sp³-hybridized carbons (Fsp3) is 0.625. The van der Waals surface area contributed by atoms with Crippen molar-refractivity contribution in [1.82, 2.24) is 18.8 Å². The Kier molecular flexibility index (Phi) is 8.32. The maximum absolute atomic E-state index is 13.4. The smallest absolute Gasteiger partial charge is 0.394 e. The molecule has 10 nitrogen and oxygen atoms in total. The molecule has 0 unspecified atom stereocenters. The Balaban J connectivity index is 1.39. The Hall–Kier alpha value is -2.73. The number of nitriles is 1. The fourth-order valence-electron chi connectivity index (χ4n) is 5.17. The van der Waals surface area contributed by atoms with E-state index in [1.165, 1.54) is 25.6 Å². The van der Waals surface area contributed by atoms with Crippen LogP contribution in [0.2, 0.25) is 0 Å². The van der Waals surface area contributed by atoms with Crippen LogP contribution in [0, 0.1) is 23.2 Å². The number of aliphatic hydroxyl groups excluding tert-OH is 1. The molecule has 3 fully saturated rings. The minimum atomic E-state index is -4.51. The molecular weight excluding hydrogens is 527 g/mol. The molecule has 0 saturated carbocycles. The van der Waals surface area contributed by atoms with Gasteiger partial charge in [-0.05, 0) is 43.4 Å². The molecule has 3 saturated heterocycles. The second-order valence-electron chi connectivity index (χ2n) is 9.90. The summed E-state index contributed by atoms with van der Waals surface area (Å²) in [7, 11) is -3.78. The lowest BCUT2D eigenvalue weighted by Crippen LogP contribution is -2.57. The topological polar surface area (TPSA) is 134 Å². The van der Waals surface area contributed by atoms with Gasteiger partial charge in [0.25, 0.3) is 10.2 Å². The monoisotopic (exact) mass is 557 g/mol. The molecule has 208 valence electrons. The van der Waals surface area contributed by atoms with Crippen molar-refractivity contribution in [1.29, 1.82) is 5.26 Å². The quantitative estimate of drug-likeness (QED) is 0.519. The number of amides is 2. The number of carbonyl (C=O) groups excluding carboxylic acids is 2. The first-order chi connectivity index (χ1) is 18.0. The van der Waals surface area contributed by atoms with E-state index in [1.54, 1.807) is 0 Å². The highest BCUT2D eigenvalue weighted by molar-refractivity contribution is 7.86. The first-order valence-electron chi connectivity index (χ1n) is 12.5. The average molecular weight is 558 g/mol. The van der Waals surface area contributed by atoms with Gasteiger partial charge >= 0.3 is 6.18 Å². The minimum Gasteiger partial charge on any atom is -0.394 e. The lowest BCUT2D eigenvalue weighted by molar-refractivity contribution is -0.142. The molecule has 1 aromatic rings. The summed E-state index contributed by atoms with van der Waals surface area (Å²) in [5, 5.41) is 21.4. The summed E-state index contributed by atoms with van der Waals surface area (Å²) < 4.78 is 66.9. The van der Waals surface area contributed by atoms with Gasteiger partial charge in [-0.2, -0.15) is 35.5 Å². The van der Waals surface area contributed by atoms with Gasteiger partial charge in [0, 0.05) is 32.7 Å². The number of rotatable bonds is 7. The van der Waals surface area contributed by atoms with Gasteiger partial charge in [0.15, 0.2) is 0 Å². The van der Waals surface area contributed by atoms with Crippen LogP contribution in [0.1, 0.15) is 42.9 Å². The van der Waals surface area contributed by atoms with Gasteiger partial charge in [0.05, 0.1) is 36.1 Å². The predicted molar refractivity (Wildman–Crippen MR) is 128 cm³/mol. The molecule has 0 spiro atoms. The Morgan fingerprint density at radius 1 is 1.08 bits per heavy atom. The molecule has 3 atom stereocenters. The summed E-state index contributed by atoms with van der Waals surface area (Å²) in [6, 6.07) is 4.39. The van der Waals surface area contributed by atoms with Crippen molar-refractivity contribution in [3.8, 4) is 6.07 Å². The van der Waals surface area contributed by atoms with E-state index in [0.29, 0.717) is 37.8 Å². The molecule has 38 heavy (non-hydrogen) atoms. The van der Waals surface area contributed by atoms with Crippen molar-refractivity contribution >= 4 is 22.0 Å². The number of halogens is 3. The molecule has 14 heteroatoms. The molecule has 1 aromatic carbocycles. The SMILES string of the molecule is N#CC1CN(S(=O)(=O)N2CCC[C@H](C(=O)N3CCC[C@@H]3C(=O)N[C@H](CO)c3ccc(C(F)(F)F)cc3)C2)C1. The second kappa shape index (κ2) is 11.2. The van der Waals surface area contributed by atoms with E-state index in [1.807, 2.05) is 6.07 Å².